The van der Waals surface area contributed by atoms with Crippen LogP contribution in [0.1, 0.15) is 36.0 Å². The molecule has 3 rings (SSSR count). The van der Waals surface area contributed by atoms with Gasteiger partial charge in [0.1, 0.15) is 12.0 Å². The number of nitro groups is 1. The number of aliphatic hydroxyl groups excluding tert-OH is 1. The van der Waals surface area contributed by atoms with Crippen LogP contribution in [0, 0.1) is 10.1 Å². The van der Waals surface area contributed by atoms with Gasteiger partial charge < -0.3 is 15.7 Å². The SMILES string of the molecule is Nc1ncc([N+](=O)[O-])cc1C(=O)N1C2CCC1CC(O)C2. The summed E-state index contributed by atoms with van der Waals surface area (Å²) in [5.74, 6) is -0.334. The van der Waals surface area contributed by atoms with E-state index >= 15 is 0 Å². The monoisotopic (exact) mass is 292 g/mol. The molecule has 2 fully saturated rings. The number of nitrogens with two attached hydrogens (primary N) is 1. The van der Waals surface area contributed by atoms with Crippen molar-refractivity contribution in [3.8, 4) is 0 Å². The maximum absolute atomic E-state index is 12.7. The average Bonchev–Trinajstić information content (AvgIpc) is 2.70. The summed E-state index contributed by atoms with van der Waals surface area (Å²) in [4.78, 5) is 28.3. The Morgan fingerprint density at radius 3 is 2.62 bits per heavy atom. The van der Waals surface area contributed by atoms with E-state index in [9.17, 15) is 20.0 Å². The third kappa shape index (κ3) is 2.31. The Morgan fingerprint density at radius 1 is 1.43 bits per heavy atom. The number of carbonyl (C=O) groups is 1. The number of anilines is 1. The highest BCUT2D eigenvalue weighted by Gasteiger charge is 2.43. The fraction of sp³-hybridized carbons (Fsp3) is 0.538. The highest BCUT2D eigenvalue weighted by molar-refractivity contribution is 5.99. The summed E-state index contributed by atoms with van der Waals surface area (Å²) in [5.41, 5.74) is 5.52. The van der Waals surface area contributed by atoms with Gasteiger partial charge >= 0.3 is 0 Å². The molecule has 0 spiro atoms. The van der Waals surface area contributed by atoms with Crippen LogP contribution in [0.2, 0.25) is 0 Å². The molecule has 2 bridgehead atoms. The minimum atomic E-state index is -0.599. The van der Waals surface area contributed by atoms with Gasteiger partial charge in [-0.05, 0) is 25.7 Å². The quantitative estimate of drug-likeness (QED) is 0.611. The molecule has 2 aliphatic rings. The Labute approximate surface area is 120 Å². The Hall–Kier alpha value is -2.22. The molecule has 1 aromatic rings. The van der Waals surface area contributed by atoms with E-state index in [0.29, 0.717) is 12.8 Å². The van der Waals surface area contributed by atoms with E-state index in [1.807, 2.05) is 0 Å². The lowest BCUT2D eigenvalue weighted by Gasteiger charge is -2.37. The number of aliphatic hydroxyl groups is 1. The molecule has 0 saturated carbocycles. The Morgan fingerprint density at radius 2 is 2.05 bits per heavy atom. The van der Waals surface area contributed by atoms with Crippen molar-refractivity contribution in [2.75, 3.05) is 5.73 Å². The minimum Gasteiger partial charge on any atom is -0.393 e. The Kier molecular flexibility index (Phi) is 3.25. The van der Waals surface area contributed by atoms with Crippen LogP contribution < -0.4 is 5.73 Å². The number of hydrogen-bond acceptors (Lipinski definition) is 6. The number of fused-ring (bicyclic) bond motifs is 2. The van der Waals surface area contributed by atoms with Crippen molar-refractivity contribution in [2.24, 2.45) is 0 Å². The minimum absolute atomic E-state index is 0.00359. The van der Waals surface area contributed by atoms with Crippen molar-refractivity contribution >= 4 is 17.4 Å². The zero-order chi connectivity index (χ0) is 15.1. The smallest absolute Gasteiger partial charge is 0.288 e. The molecular formula is C13H16N4O4. The first-order chi connectivity index (χ1) is 9.97. The van der Waals surface area contributed by atoms with Gasteiger partial charge in [-0.1, -0.05) is 0 Å². The van der Waals surface area contributed by atoms with Gasteiger partial charge in [-0.3, -0.25) is 14.9 Å². The van der Waals surface area contributed by atoms with Crippen molar-refractivity contribution in [2.45, 2.75) is 43.9 Å². The van der Waals surface area contributed by atoms with E-state index in [4.69, 9.17) is 5.73 Å². The van der Waals surface area contributed by atoms with Crippen LogP contribution in [-0.2, 0) is 0 Å². The predicted molar refractivity (Wildman–Crippen MR) is 73.5 cm³/mol. The zero-order valence-corrected chi connectivity index (χ0v) is 11.3. The van der Waals surface area contributed by atoms with E-state index in [1.54, 1.807) is 4.90 Å². The molecule has 1 aromatic heterocycles. The Bertz CT molecular complexity index is 592. The summed E-state index contributed by atoms with van der Waals surface area (Å²) >= 11 is 0. The molecule has 1 amide bonds. The normalized spacial score (nSPS) is 27.7. The molecule has 8 nitrogen and oxygen atoms in total. The van der Waals surface area contributed by atoms with Crippen LogP contribution in [0.25, 0.3) is 0 Å². The summed E-state index contributed by atoms with van der Waals surface area (Å²) in [5, 5.41) is 20.6. The number of rotatable bonds is 2. The standard InChI is InChI=1S/C13H16N4O4/c14-12-11(5-9(6-15-12)17(20)21)13(19)16-7-1-2-8(16)4-10(18)3-7/h5-8,10,18H,1-4H2,(H2,14,15). The lowest BCUT2D eigenvalue weighted by atomic mass is 9.99. The molecule has 2 atom stereocenters. The van der Waals surface area contributed by atoms with E-state index in [-0.39, 0.29) is 41.2 Å². The van der Waals surface area contributed by atoms with Crippen molar-refractivity contribution in [1.82, 2.24) is 9.88 Å². The molecular weight excluding hydrogens is 276 g/mol. The van der Waals surface area contributed by atoms with Crippen molar-refractivity contribution in [1.29, 1.82) is 0 Å². The average molecular weight is 292 g/mol. The lowest BCUT2D eigenvalue weighted by molar-refractivity contribution is -0.385. The van der Waals surface area contributed by atoms with Crippen molar-refractivity contribution in [3.05, 3.63) is 27.9 Å². The predicted octanol–water partition coefficient (Wildman–Crippen LogP) is 0.700. The second-order valence-electron chi connectivity index (χ2n) is 5.61. The summed E-state index contributed by atoms with van der Waals surface area (Å²) in [7, 11) is 0. The van der Waals surface area contributed by atoms with E-state index < -0.39 is 4.92 Å². The third-order valence-corrected chi connectivity index (χ3v) is 4.29. The molecule has 2 unspecified atom stereocenters. The molecule has 3 N–H and O–H groups in total. The lowest BCUT2D eigenvalue weighted by Crippen LogP contribution is -2.48. The molecule has 2 saturated heterocycles. The molecule has 21 heavy (non-hydrogen) atoms. The van der Waals surface area contributed by atoms with Crippen LogP contribution in [0.5, 0.6) is 0 Å². The van der Waals surface area contributed by atoms with E-state index in [0.717, 1.165) is 19.0 Å². The number of carbonyl (C=O) groups excluding carboxylic acids is 1. The van der Waals surface area contributed by atoms with Gasteiger partial charge in [0.05, 0.1) is 16.6 Å². The largest absolute Gasteiger partial charge is 0.393 e. The first-order valence-corrected chi connectivity index (χ1v) is 6.88. The Balaban J connectivity index is 1.92. The summed E-state index contributed by atoms with van der Waals surface area (Å²) in [6, 6.07) is 1.13. The first-order valence-electron chi connectivity index (χ1n) is 6.88. The maximum atomic E-state index is 12.7. The fourth-order valence-corrected chi connectivity index (χ4v) is 3.35. The zero-order valence-electron chi connectivity index (χ0n) is 11.3. The second kappa shape index (κ2) is 4.96. The van der Waals surface area contributed by atoms with Gasteiger partial charge in [-0.25, -0.2) is 4.98 Å². The molecule has 3 heterocycles. The molecule has 2 aliphatic heterocycles. The molecule has 8 heteroatoms. The summed E-state index contributed by atoms with van der Waals surface area (Å²) in [6.45, 7) is 0. The van der Waals surface area contributed by atoms with Crippen molar-refractivity contribution < 1.29 is 14.8 Å². The number of amides is 1. The van der Waals surface area contributed by atoms with Crippen LogP contribution in [0.15, 0.2) is 12.3 Å². The molecule has 0 radical (unpaired) electrons. The number of nitrogen functional groups attached to an aromatic ring is 1. The van der Waals surface area contributed by atoms with E-state index in [1.165, 1.54) is 6.07 Å². The van der Waals surface area contributed by atoms with Crippen molar-refractivity contribution in [3.63, 3.8) is 0 Å². The number of pyridine rings is 1. The topological polar surface area (TPSA) is 123 Å². The van der Waals surface area contributed by atoms with Gasteiger partial charge in [0.25, 0.3) is 11.6 Å². The van der Waals surface area contributed by atoms with Crippen LogP contribution in [-0.4, -0.2) is 44.0 Å². The maximum Gasteiger partial charge on any atom is 0.288 e. The first kappa shape index (κ1) is 13.7. The van der Waals surface area contributed by atoms with Crippen LogP contribution >= 0.6 is 0 Å². The molecule has 0 aromatic carbocycles. The van der Waals surface area contributed by atoms with Gasteiger partial charge in [0.2, 0.25) is 0 Å². The highest BCUT2D eigenvalue weighted by Crippen LogP contribution is 2.37. The third-order valence-electron chi connectivity index (χ3n) is 4.29. The second-order valence-corrected chi connectivity index (χ2v) is 5.61. The van der Waals surface area contributed by atoms with Gasteiger partial charge in [0.15, 0.2) is 0 Å². The number of nitrogens with zero attached hydrogens (tertiary/aromatic N) is 3. The number of piperidine rings is 1. The molecule has 0 aliphatic carbocycles. The summed E-state index contributed by atoms with van der Waals surface area (Å²) in [6.07, 6.45) is 3.44. The van der Waals surface area contributed by atoms with Gasteiger partial charge in [-0.2, -0.15) is 0 Å². The summed E-state index contributed by atoms with van der Waals surface area (Å²) < 4.78 is 0. The van der Waals surface area contributed by atoms with E-state index in [2.05, 4.69) is 4.98 Å². The highest BCUT2D eigenvalue weighted by atomic mass is 16.6. The van der Waals surface area contributed by atoms with Crippen LogP contribution in [0.4, 0.5) is 11.5 Å². The van der Waals surface area contributed by atoms with Gasteiger partial charge in [0, 0.05) is 18.2 Å². The van der Waals surface area contributed by atoms with Crippen LogP contribution in [0.3, 0.4) is 0 Å². The van der Waals surface area contributed by atoms with Gasteiger partial charge in [-0.15, -0.1) is 0 Å². The number of aromatic nitrogens is 1. The molecule has 112 valence electrons. The number of hydrogen-bond donors (Lipinski definition) is 2. The fourth-order valence-electron chi connectivity index (χ4n) is 3.35.